The van der Waals surface area contributed by atoms with E-state index in [2.05, 4.69) is 0 Å². The zero-order valence-corrected chi connectivity index (χ0v) is 9.31. The normalized spacial score (nSPS) is 21.6. The van der Waals surface area contributed by atoms with E-state index >= 15 is 0 Å². The molecule has 1 radical (unpaired) electrons. The Morgan fingerprint density at radius 1 is 0.333 bits per heavy atom. The van der Waals surface area contributed by atoms with Gasteiger partial charge in [0.1, 0.15) is 0 Å². The largest absolute Gasteiger partial charge is 3.00 e. The van der Waals surface area contributed by atoms with Gasteiger partial charge in [0, 0.05) is 0 Å². The van der Waals surface area contributed by atoms with Crippen LogP contribution in [0.15, 0.2) is 0 Å². The molecule has 0 aliphatic heterocycles. The fraction of sp³-hybridized carbons (Fsp3) is 0. The van der Waals surface area contributed by atoms with Crippen LogP contribution in [-0.2, 0) is 19.5 Å². The molecule has 0 aromatic heterocycles. The summed E-state index contributed by atoms with van der Waals surface area (Å²) in [6.45, 7) is 0. The molecule has 0 N–H and O–H groups in total. The Kier molecular flexibility index (Phi) is 4.06. The summed E-state index contributed by atoms with van der Waals surface area (Å²) in [5.74, 6) is 0. The first-order valence-corrected chi connectivity index (χ1v) is 6.09. The minimum Gasteiger partial charge on any atom is 3.00 e. The quantitative estimate of drug-likeness (QED) is 0.243. The van der Waals surface area contributed by atoms with Gasteiger partial charge in [-0.15, -0.1) is 0 Å². The SMILES string of the molecule is F[P-](F)(F)(F)(F)F.F[P-](F)(F)(F)(F)F.[Ru+3]. The standard InChI is InChI=1S/2F6P.Ru/c2*1-7(2,3,4,5)6;/q2*-1;+3. The van der Waals surface area contributed by atoms with Crippen molar-refractivity contribution in [3.63, 3.8) is 0 Å². The summed E-state index contributed by atoms with van der Waals surface area (Å²) in [6.07, 6.45) is 0. The molecule has 101 valence electrons. The van der Waals surface area contributed by atoms with Crippen LogP contribution in [0.4, 0.5) is 50.4 Å². The zero-order valence-electron chi connectivity index (χ0n) is 5.78. The van der Waals surface area contributed by atoms with E-state index in [9.17, 15) is 50.4 Å². The first-order valence-electron chi connectivity index (χ1n) is 2.03. The molecule has 0 nitrogen and oxygen atoms in total. The van der Waals surface area contributed by atoms with Crippen molar-refractivity contribution in [3.8, 4) is 0 Å². The van der Waals surface area contributed by atoms with Gasteiger partial charge in [0.2, 0.25) is 0 Å². The maximum atomic E-state index is 9.87. The van der Waals surface area contributed by atoms with Gasteiger partial charge < -0.3 is 0 Å². The Hall–Kier alpha value is 0.643. The van der Waals surface area contributed by atoms with Gasteiger partial charge in [-0.25, -0.2) is 0 Å². The Balaban J connectivity index is -0.000000180. The van der Waals surface area contributed by atoms with Gasteiger partial charge in [-0.2, -0.15) is 0 Å². The number of hydrogen-bond donors (Lipinski definition) is 0. The second kappa shape index (κ2) is 2.90. The van der Waals surface area contributed by atoms with Crippen LogP contribution in [0, 0.1) is 0 Å². The predicted octanol–water partition coefficient (Wildman–Crippen LogP) is 6.76. The molecule has 0 saturated heterocycles. The van der Waals surface area contributed by atoms with Crippen LogP contribution in [0.2, 0.25) is 0 Å². The van der Waals surface area contributed by atoms with Crippen molar-refractivity contribution in [3.05, 3.63) is 0 Å². The molecular formula is F12P2Ru+. The van der Waals surface area contributed by atoms with E-state index in [-0.39, 0.29) is 19.5 Å². The Bertz CT molecular complexity index is 161. The summed E-state index contributed by atoms with van der Waals surface area (Å²) in [7, 11) is -21.3. The molecule has 0 aliphatic carbocycles. The van der Waals surface area contributed by atoms with Gasteiger partial charge in [-0.3, -0.25) is 0 Å². The summed E-state index contributed by atoms with van der Waals surface area (Å²) < 4.78 is 118. The molecule has 0 saturated carbocycles. The summed E-state index contributed by atoms with van der Waals surface area (Å²) in [5.41, 5.74) is 0. The van der Waals surface area contributed by atoms with E-state index in [1.807, 2.05) is 0 Å². The predicted molar refractivity (Wildman–Crippen MR) is 27.1 cm³/mol. The van der Waals surface area contributed by atoms with Crippen molar-refractivity contribution < 1.29 is 69.8 Å². The minimum atomic E-state index is -10.7. The maximum absolute atomic E-state index is 10.7. The van der Waals surface area contributed by atoms with Crippen molar-refractivity contribution in [2.45, 2.75) is 0 Å². The van der Waals surface area contributed by atoms with Crippen molar-refractivity contribution in [2.75, 3.05) is 0 Å². The van der Waals surface area contributed by atoms with Gasteiger partial charge >= 0.3 is 85.5 Å². The molecule has 0 aliphatic rings. The molecule has 0 unspecified atom stereocenters. The molecule has 0 rings (SSSR count). The second-order valence-corrected chi connectivity index (χ2v) is 5.75. The fourth-order valence-corrected chi connectivity index (χ4v) is 0. The summed E-state index contributed by atoms with van der Waals surface area (Å²) >= 11 is 0. The van der Waals surface area contributed by atoms with Crippen molar-refractivity contribution in [1.82, 2.24) is 0 Å². The molecule has 0 fully saturated rings. The zero-order chi connectivity index (χ0) is 12.8. The first kappa shape index (κ1) is 21.0. The molecule has 0 aromatic rings. The average molecular weight is 391 g/mol. The molecular weight excluding hydrogens is 391 g/mol. The number of rotatable bonds is 0. The van der Waals surface area contributed by atoms with Gasteiger partial charge in [-0.05, 0) is 0 Å². The van der Waals surface area contributed by atoms with E-state index in [1.54, 1.807) is 0 Å². The molecule has 0 spiro atoms. The van der Waals surface area contributed by atoms with Crippen molar-refractivity contribution >= 4 is 15.6 Å². The Morgan fingerprint density at radius 2 is 0.333 bits per heavy atom. The van der Waals surface area contributed by atoms with E-state index in [0.717, 1.165) is 0 Å². The average Bonchev–Trinajstić information content (AvgIpc) is 0.938. The van der Waals surface area contributed by atoms with Crippen LogP contribution in [0.3, 0.4) is 0 Å². The van der Waals surface area contributed by atoms with E-state index in [1.165, 1.54) is 0 Å². The first-order chi connectivity index (χ1) is 4.90. The molecule has 15 heavy (non-hydrogen) atoms. The van der Waals surface area contributed by atoms with Crippen LogP contribution in [-0.4, -0.2) is 0 Å². The molecule has 0 atom stereocenters. The minimum absolute atomic E-state index is 0. The molecule has 0 amide bonds. The third-order valence-electron chi connectivity index (χ3n) is 0. The molecule has 15 heteroatoms. The van der Waals surface area contributed by atoms with Crippen molar-refractivity contribution in [2.24, 2.45) is 0 Å². The van der Waals surface area contributed by atoms with Crippen LogP contribution < -0.4 is 0 Å². The maximum Gasteiger partial charge on any atom is 3.00 e. The number of hydrogen-bond acceptors (Lipinski definition) is 0. The van der Waals surface area contributed by atoms with E-state index in [0.29, 0.717) is 0 Å². The molecule has 0 heterocycles. The van der Waals surface area contributed by atoms with E-state index in [4.69, 9.17) is 0 Å². The van der Waals surface area contributed by atoms with Gasteiger partial charge in [0.25, 0.3) is 0 Å². The van der Waals surface area contributed by atoms with Crippen LogP contribution >= 0.6 is 15.6 Å². The molecule has 0 bridgehead atoms. The summed E-state index contributed by atoms with van der Waals surface area (Å²) in [5, 5.41) is 0. The van der Waals surface area contributed by atoms with Crippen molar-refractivity contribution in [1.29, 1.82) is 0 Å². The smallest absolute Gasteiger partial charge is 3.00 e. The van der Waals surface area contributed by atoms with Gasteiger partial charge in [0.05, 0.1) is 0 Å². The van der Waals surface area contributed by atoms with Gasteiger partial charge in [0.15, 0.2) is 0 Å². The van der Waals surface area contributed by atoms with Gasteiger partial charge in [-0.1, -0.05) is 0 Å². The van der Waals surface area contributed by atoms with Crippen LogP contribution in [0.5, 0.6) is 0 Å². The monoisotopic (exact) mass is 392 g/mol. The third kappa shape index (κ3) is 5660. The Labute approximate surface area is 86.2 Å². The second-order valence-electron chi connectivity index (χ2n) is 1.92. The van der Waals surface area contributed by atoms with E-state index < -0.39 is 15.6 Å². The van der Waals surface area contributed by atoms with Crippen LogP contribution in [0.25, 0.3) is 0 Å². The van der Waals surface area contributed by atoms with Crippen LogP contribution in [0.1, 0.15) is 0 Å². The third-order valence-corrected chi connectivity index (χ3v) is 0. The number of halogens is 12. The fourth-order valence-electron chi connectivity index (χ4n) is 0. The summed E-state index contributed by atoms with van der Waals surface area (Å²) in [4.78, 5) is 0. The summed E-state index contributed by atoms with van der Waals surface area (Å²) in [6, 6.07) is 0. The Morgan fingerprint density at radius 3 is 0.333 bits per heavy atom. The topological polar surface area (TPSA) is 0 Å². The molecule has 0 aromatic carbocycles.